The van der Waals surface area contributed by atoms with Crippen LogP contribution in [0.5, 0.6) is 11.5 Å². The molecule has 0 bridgehead atoms. The molecule has 1 saturated carbocycles. The van der Waals surface area contributed by atoms with E-state index >= 15 is 0 Å². The summed E-state index contributed by atoms with van der Waals surface area (Å²) in [5.41, 5.74) is 0. The van der Waals surface area contributed by atoms with Crippen LogP contribution in [0.15, 0.2) is 42.1 Å². The van der Waals surface area contributed by atoms with Gasteiger partial charge < -0.3 is 14.8 Å². The molecule has 1 aliphatic carbocycles. The molecule has 1 aromatic heterocycles. The zero-order chi connectivity index (χ0) is 21.2. The minimum Gasteiger partial charge on any atom is -0.497 e. The number of hydrogen-bond acceptors (Lipinski definition) is 6. The molecule has 0 unspecified atom stereocenters. The van der Waals surface area contributed by atoms with Crippen LogP contribution in [0.3, 0.4) is 0 Å². The molecule has 0 aliphatic heterocycles. The summed E-state index contributed by atoms with van der Waals surface area (Å²) in [6.45, 7) is 4.65. The molecule has 2 aromatic rings. The van der Waals surface area contributed by atoms with Crippen LogP contribution in [0.25, 0.3) is 0 Å². The first-order valence-electron chi connectivity index (χ1n) is 10.4. The highest BCUT2D eigenvalue weighted by molar-refractivity contribution is 7.99. The van der Waals surface area contributed by atoms with Crippen LogP contribution in [-0.2, 0) is 17.9 Å². The Hall–Kier alpha value is -2.48. The molecule has 0 atom stereocenters. The van der Waals surface area contributed by atoms with Gasteiger partial charge in [0.25, 0.3) is 0 Å². The highest BCUT2D eigenvalue weighted by atomic mass is 32.2. The van der Waals surface area contributed by atoms with Crippen molar-refractivity contribution in [2.75, 3.05) is 12.9 Å². The van der Waals surface area contributed by atoms with Gasteiger partial charge in [0.05, 0.1) is 12.9 Å². The quantitative estimate of drug-likeness (QED) is 0.349. The lowest BCUT2D eigenvalue weighted by atomic mass is 10.1. The van der Waals surface area contributed by atoms with Gasteiger partial charge in [-0.3, -0.25) is 9.36 Å². The number of methoxy groups -OCH3 is 1. The minimum absolute atomic E-state index is 0.0519. The Morgan fingerprint density at radius 2 is 1.90 bits per heavy atom. The lowest BCUT2D eigenvalue weighted by Gasteiger charge is -2.16. The van der Waals surface area contributed by atoms with Gasteiger partial charge in [-0.05, 0) is 37.1 Å². The van der Waals surface area contributed by atoms with Crippen LogP contribution in [-0.4, -0.2) is 39.6 Å². The molecule has 1 amide bonds. The van der Waals surface area contributed by atoms with Gasteiger partial charge in [-0.2, -0.15) is 0 Å². The summed E-state index contributed by atoms with van der Waals surface area (Å²) >= 11 is 1.39. The van der Waals surface area contributed by atoms with Crippen molar-refractivity contribution < 1.29 is 14.3 Å². The third-order valence-corrected chi connectivity index (χ3v) is 6.05. The van der Waals surface area contributed by atoms with Crippen LogP contribution < -0.4 is 14.8 Å². The van der Waals surface area contributed by atoms with Gasteiger partial charge in [-0.15, -0.1) is 16.8 Å². The number of carbonyl (C=O) groups is 1. The van der Waals surface area contributed by atoms with E-state index in [1.165, 1.54) is 37.4 Å². The second kappa shape index (κ2) is 11.6. The van der Waals surface area contributed by atoms with E-state index in [4.69, 9.17) is 9.47 Å². The number of allylic oxidation sites excluding steroid dienone is 1. The van der Waals surface area contributed by atoms with Gasteiger partial charge >= 0.3 is 0 Å². The fourth-order valence-electron chi connectivity index (χ4n) is 3.49. The average molecular weight is 431 g/mol. The third-order valence-electron chi connectivity index (χ3n) is 5.09. The van der Waals surface area contributed by atoms with E-state index in [2.05, 4.69) is 22.1 Å². The molecule has 1 aromatic carbocycles. The predicted octanol–water partition coefficient (Wildman–Crippen LogP) is 3.98. The van der Waals surface area contributed by atoms with Gasteiger partial charge in [-0.25, -0.2) is 0 Å². The predicted molar refractivity (Wildman–Crippen MR) is 118 cm³/mol. The molecule has 0 spiro atoms. The van der Waals surface area contributed by atoms with Crippen LogP contribution in [0.4, 0.5) is 0 Å². The number of nitrogens with one attached hydrogen (secondary N) is 1. The first-order valence-corrected chi connectivity index (χ1v) is 11.4. The molecule has 1 heterocycles. The van der Waals surface area contributed by atoms with E-state index in [1.807, 2.05) is 28.8 Å². The maximum atomic E-state index is 12.4. The molecule has 1 aliphatic rings. The summed E-state index contributed by atoms with van der Waals surface area (Å²) in [4.78, 5) is 12.4. The lowest BCUT2D eigenvalue weighted by molar-refractivity contribution is -0.119. The fourth-order valence-corrected chi connectivity index (χ4v) is 4.27. The second-order valence-corrected chi connectivity index (χ2v) is 8.25. The van der Waals surface area contributed by atoms with Crippen molar-refractivity contribution in [1.82, 2.24) is 20.1 Å². The van der Waals surface area contributed by atoms with E-state index in [1.54, 1.807) is 13.2 Å². The molecule has 1 fully saturated rings. The van der Waals surface area contributed by atoms with Crippen molar-refractivity contribution >= 4 is 17.7 Å². The standard InChI is InChI=1S/C22H30N4O3S/c1-3-14-26-20(15-29-19-12-10-18(28-2)11-13-19)24-25-22(26)30-16-21(27)23-17-8-6-4-5-7-9-17/h3,10-13,17H,1,4-9,14-16H2,2H3,(H,23,27). The van der Waals surface area contributed by atoms with E-state index in [-0.39, 0.29) is 12.5 Å². The van der Waals surface area contributed by atoms with Gasteiger partial charge in [0.15, 0.2) is 11.0 Å². The summed E-state index contributed by atoms with van der Waals surface area (Å²) in [5, 5.41) is 12.4. The first kappa shape index (κ1) is 22.2. The summed E-state index contributed by atoms with van der Waals surface area (Å²) in [5.74, 6) is 2.57. The number of rotatable bonds is 10. The number of benzene rings is 1. The number of nitrogens with zero attached hydrogens (tertiary/aromatic N) is 3. The summed E-state index contributed by atoms with van der Waals surface area (Å²) in [6, 6.07) is 7.69. The number of hydrogen-bond donors (Lipinski definition) is 1. The molecule has 8 heteroatoms. The molecule has 1 N–H and O–H groups in total. The van der Waals surface area contributed by atoms with E-state index in [9.17, 15) is 4.79 Å². The smallest absolute Gasteiger partial charge is 0.230 e. The van der Waals surface area contributed by atoms with Gasteiger partial charge in [0, 0.05) is 12.6 Å². The van der Waals surface area contributed by atoms with Crippen molar-refractivity contribution in [2.24, 2.45) is 0 Å². The van der Waals surface area contributed by atoms with Crippen molar-refractivity contribution in [2.45, 2.75) is 62.9 Å². The molecule has 162 valence electrons. The first-order chi connectivity index (χ1) is 14.7. The van der Waals surface area contributed by atoms with Crippen LogP contribution in [0, 0.1) is 0 Å². The molecular weight excluding hydrogens is 400 g/mol. The second-order valence-electron chi connectivity index (χ2n) is 7.31. The number of aromatic nitrogens is 3. The molecule has 3 rings (SSSR count). The van der Waals surface area contributed by atoms with E-state index < -0.39 is 0 Å². The maximum absolute atomic E-state index is 12.4. The SMILES string of the molecule is C=CCn1c(COc2ccc(OC)cc2)nnc1SCC(=O)NC1CCCCCC1. The maximum Gasteiger partial charge on any atom is 0.230 e. The summed E-state index contributed by atoms with van der Waals surface area (Å²) < 4.78 is 12.9. The summed E-state index contributed by atoms with van der Waals surface area (Å²) in [7, 11) is 1.63. The molecular formula is C22H30N4O3S. The van der Waals surface area contributed by atoms with Crippen LogP contribution in [0.1, 0.15) is 44.3 Å². The van der Waals surface area contributed by atoms with Gasteiger partial charge in [0.2, 0.25) is 5.91 Å². The van der Waals surface area contributed by atoms with E-state index in [0.717, 1.165) is 24.3 Å². The Morgan fingerprint density at radius 1 is 1.20 bits per heavy atom. The van der Waals surface area contributed by atoms with Crippen LogP contribution in [0.2, 0.25) is 0 Å². The Balaban J connectivity index is 1.54. The van der Waals surface area contributed by atoms with Gasteiger partial charge in [0.1, 0.15) is 18.1 Å². The topological polar surface area (TPSA) is 78.3 Å². The van der Waals surface area contributed by atoms with Crippen molar-refractivity contribution in [3.8, 4) is 11.5 Å². The monoisotopic (exact) mass is 430 g/mol. The van der Waals surface area contributed by atoms with Crippen molar-refractivity contribution in [3.63, 3.8) is 0 Å². The summed E-state index contributed by atoms with van der Waals surface area (Å²) in [6.07, 6.45) is 8.88. The lowest BCUT2D eigenvalue weighted by Crippen LogP contribution is -2.35. The molecule has 0 saturated heterocycles. The number of ether oxygens (including phenoxy) is 2. The number of thioether (sulfide) groups is 1. The van der Waals surface area contributed by atoms with Crippen molar-refractivity contribution in [1.29, 1.82) is 0 Å². The van der Waals surface area contributed by atoms with E-state index in [0.29, 0.717) is 29.3 Å². The number of carbonyl (C=O) groups excluding carboxylic acids is 1. The highest BCUT2D eigenvalue weighted by Crippen LogP contribution is 2.21. The normalized spacial score (nSPS) is 14.7. The Labute approximate surface area is 182 Å². The van der Waals surface area contributed by atoms with Crippen molar-refractivity contribution in [3.05, 3.63) is 42.7 Å². The molecule has 30 heavy (non-hydrogen) atoms. The average Bonchev–Trinajstić information content (AvgIpc) is 2.95. The molecule has 7 nitrogen and oxygen atoms in total. The number of amides is 1. The third kappa shape index (κ3) is 6.52. The zero-order valence-electron chi connectivity index (χ0n) is 17.5. The Bertz CT molecular complexity index is 814. The minimum atomic E-state index is 0.0519. The zero-order valence-corrected chi connectivity index (χ0v) is 18.3. The fraction of sp³-hybridized carbons (Fsp3) is 0.500. The highest BCUT2D eigenvalue weighted by Gasteiger charge is 2.17. The van der Waals surface area contributed by atoms with Crippen LogP contribution >= 0.6 is 11.8 Å². The molecule has 0 radical (unpaired) electrons. The van der Waals surface area contributed by atoms with Gasteiger partial charge in [-0.1, -0.05) is 43.5 Å². The largest absolute Gasteiger partial charge is 0.497 e. The Morgan fingerprint density at radius 3 is 2.57 bits per heavy atom. The Kier molecular flexibility index (Phi) is 8.62.